The fourth-order valence-corrected chi connectivity index (χ4v) is 4.92. The lowest BCUT2D eigenvalue weighted by atomic mass is 10.1. The van der Waals surface area contributed by atoms with Crippen molar-refractivity contribution in [3.63, 3.8) is 0 Å². The highest BCUT2D eigenvalue weighted by molar-refractivity contribution is 5.44. The average molecular weight is 507 g/mol. The first-order valence-corrected chi connectivity index (χ1v) is 13.3. The van der Waals surface area contributed by atoms with Gasteiger partial charge in [-0.3, -0.25) is 9.80 Å². The number of hydrogen-bond acceptors (Lipinski definition) is 7. The Morgan fingerprint density at radius 1 is 1.05 bits per heavy atom. The second-order valence-corrected chi connectivity index (χ2v) is 9.84. The number of β-amino-alcohol motifs (C(OH)–C–C–N with tert-alkyl or cyclic N) is 1. The van der Waals surface area contributed by atoms with E-state index in [1.54, 1.807) is 7.11 Å². The van der Waals surface area contributed by atoms with Gasteiger partial charge in [-0.2, -0.15) is 5.10 Å². The lowest BCUT2D eigenvalue weighted by Crippen LogP contribution is -2.45. The Hall–Kier alpha value is -2.91. The van der Waals surface area contributed by atoms with Crippen LogP contribution in [0.4, 0.5) is 0 Å². The van der Waals surface area contributed by atoms with Gasteiger partial charge in [0, 0.05) is 38.8 Å². The molecule has 0 spiro atoms. The topological polar surface area (TPSA) is 72.2 Å². The summed E-state index contributed by atoms with van der Waals surface area (Å²) in [5.41, 5.74) is 3.05. The highest BCUT2D eigenvalue weighted by Crippen LogP contribution is 2.36. The molecule has 0 amide bonds. The van der Waals surface area contributed by atoms with Crippen molar-refractivity contribution in [2.75, 3.05) is 46.5 Å². The lowest BCUT2D eigenvalue weighted by Gasteiger charge is -2.31. The third kappa shape index (κ3) is 6.51. The van der Waals surface area contributed by atoms with Crippen LogP contribution in [0, 0.1) is 0 Å². The maximum atomic E-state index is 11.0. The molecule has 3 aromatic rings. The second kappa shape index (κ2) is 12.1. The van der Waals surface area contributed by atoms with Crippen molar-refractivity contribution in [3.8, 4) is 23.1 Å². The molecule has 198 valence electrons. The maximum absolute atomic E-state index is 11.0. The summed E-state index contributed by atoms with van der Waals surface area (Å²) in [5.74, 6) is 2.24. The summed E-state index contributed by atoms with van der Waals surface area (Å²) in [6.45, 7) is 7.36. The van der Waals surface area contributed by atoms with Gasteiger partial charge < -0.3 is 19.3 Å². The number of para-hydroxylation sites is 1. The SMILES string of the molecule is CCc1nn(-c2ccccc2)c(Oc2ccc(OC)cc2)c1CN(C[C@H](O)CN1CCOCC1)C1CC1. The number of nitrogens with zero attached hydrogens (tertiary/aromatic N) is 4. The molecule has 1 aliphatic heterocycles. The first-order valence-electron chi connectivity index (χ1n) is 13.3. The Balaban J connectivity index is 1.42. The van der Waals surface area contributed by atoms with E-state index in [0.29, 0.717) is 25.7 Å². The van der Waals surface area contributed by atoms with Gasteiger partial charge in [-0.25, -0.2) is 4.68 Å². The van der Waals surface area contributed by atoms with E-state index in [4.69, 9.17) is 19.3 Å². The van der Waals surface area contributed by atoms with Gasteiger partial charge in [-0.1, -0.05) is 25.1 Å². The summed E-state index contributed by atoms with van der Waals surface area (Å²) in [5, 5.41) is 16.0. The van der Waals surface area contributed by atoms with Crippen molar-refractivity contribution in [3.05, 3.63) is 65.9 Å². The van der Waals surface area contributed by atoms with E-state index in [1.807, 2.05) is 59.3 Å². The molecule has 1 saturated carbocycles. The number of aromatic nitrogens is 2. The van der Waals surface area contributed by atoms with Crippen LogP contribution in [0.25, 0.3) is 5.69 Å². The largest absolute Gasteiger partial charge is 0.497 e. The monoisotopic (exact) mass is 506 g/mol. The number of aliphatic hydroxyl groups is 1. The highest BCUT2D eigenvalue weighted by Gasteiger charge is 2.33. The molecule has 2 heterocycles. The van der Waals surface area contributed by atoms with E-state index in [-0.39, 0.29) is 0 Å². The van der Waals surface area contributed by atoms with Crippen LogP contribution in [-0.2, 0) is 17.7 Å². The number of aryl methyl sites for hydroxylation is 1. The van der Waals surface area contributed by atoms with Crippen molar-refractivity contribution < 1.29 is 19.3 Å². The number of ether oxygens (including phenoxy) is 3. The van der Waals surface area contributed by atoms with E-state index in [0.717, 1.165) is 79.9 Å². The van der Waals surface area contributed by atoms with Crippen molar-refractivity contribution >= 4 is 0 Å². The molecule has 0 bridgehead atoms. The number of hydrogen-bond donors (Lipinski definition) is 1. The van der Waals surface area contributed by atoms with Crippen molar-refractivity contribution in [2.45, 2.75) is 44.9 Å². The molecule has 5 rings (SSSR count). The molecule has 2 fully saturated rings. The van der Waals surface area contributed by atoms with Crippen LogP contribution >= 0.6 is 0 Å². The molecule has 2 aliphatic rings. The normalized spacial score (nSPS) is 17.2. The van der Waals surface area contributed by atoms with Gasteiger partial charge in [0.05, 0.1) is 43.4 Å². The van der Waals surface area contributed by atoms with E-state index < -0.39 is 6.10 Å². The van der Waals surface area contributed by atoms with Gasteiger partial charge in [-0.05, 0) is 55.7 Å². The molecule has 1 N–H and O–H groups in total. The van der Waals surface area contributed by atoms with Gasteiger partial charge in [0.2, 0.25) is 5.88 Å². The van der Waals surface area contributed by atoms with Gasteiger partial charge in [0.25, 0.3) is 0 Å². The Morgan fingerprint density at radius 2 is 1.76 bits per heavy atom. The minimum atomic E-state index is -0.418. The third-order valence-electron chi connectivity index (χ3n) is 7.07. The van der Waals surface area contributed by atoms with Crippen LogP contribution in [0.15, 0.2) is 54.6 Å². The fraction of sp³-hybridized carbons (Fsp3) is 0.483. The minimum absolute atomic E-state index is 0.418. The fourth-order valence-electron chi connectivity index (χ4n) is 4.92. The molecule has 0 unspecified atom stereocenters. The zero-order valence-corrected chi connectivity index (χ0v) is 21.9. The predicted octanol–water partition coefficient (Wildman–Crippen LogP) is 3.89. The molecular formula is C29H38N4O4. The predicted molar refractivity (Wildman–Crippen MR) is 143 cm³/mol. The number of morpholine rings is 1. The standard InChI is InChI=1S/C29H38N4O4/c1-3-28-27(21-32(22-9-10-22)20-24(34)19-31-15-17-36-18-16-31)29(33(30-28)23-7-5-4-6-8-23)37-26-13-11-25(35-2)12-14-26/h4-8,11-14,22,24,34H,3,9-10,15-21H2,1-2H3/t24-/m1/s1. The molecule has 1 aromatic heterocycles. The van der Waals surface area contributed by atoms with Crippen LogP contribution < -0.4 is 9.47 Å². The Kier molecular flexibility index (Phi) is 8.41. The molecule has 1 aliphatic carbocycles. The van der Waals surface area contributed by atoms with Crippen molar-refractivity contribution in [2.24, 2.45) is 0 Å². The van der Waals surface area contributed by atoms with E-state index in [2.05, 4.69) is 16.7 Å². The highest BCUT2D eigenvalue weighted by atomic mass is 16.5. The molecule has 0 radical (unpaired) electrons. The number of methoxy groups -OCH3 is 1. The Labute approximate surface area is 219 Å². The maximum Gasteiger partial charge on any atom is 0.227 e. The van der Waals surface area contributed by atoms with Crippen LogP contribution in [-0.4, -0.2) is 83.3 Å². The molecule has 8 nitrogen and oxygen atoms in total. The first-order chi connectivity index (χ1) is 18.1. The first kappa shape index (κ1) is 25.7. The van der Waals surface area contributed by atoms with Gasteiger partial charge in [0.1, 0.15) is 11.5 Å². The van der Waals surface area contributed by atoms with E-state index in [9.17, 15) is 5.11 Å². The minimum Gasteiger partial charge on any atom is -0.497 e. The molecule has 2 aromatic carbocycles. The smallest absolute Gasteiger partial charge is 0.227 e. The average Bonchev–Trinajstić information content (AvgIpc) is 3.73. The number of rotatable bonds is 12. The van der Waals surface area contributed by atoms with E-state index >= 15 is 0 Å². The third-order valence-corrected chi connectivity index (χ3v) is 7.07. The Bertz CT molecular complexity index is 1120. The molecule has 1 atom stereocenters. The molecular weight excluding hydrogens is 468 g/mol. The molecule has 37 heavy (non-hydrogen) atoms. The van der Waals surface area contributed by atoms with Crippen LogP contribution in [0.3, 0.4) is 0 Å². The zero-order chi connectivity index (χ0) is 25.6. The quantitative estimate of drug-likeness (QED) is 0.400. The summed E-state index contributed by atoms with van der Waals surface area (Å²) in [4.78, 5) is 4.71. The second-order valence-electron chi connectivity index (χ2n) is 9.84. The lowest BCUT2D eigenvalue weighted by molar-refractivity contribution is 0.00544. The summed E-state index contributed by atoms with van der Waals surface area (Å²) >= 11 is 0. The number of benzene rings is 2. The Morgan fingerprint density at radius 3 is 2.41 bits per heavy atom. The van der Waals surface area contributed by atoms with Crippen LogP contribution in [0.5, 0.6) is 17.4 Å². The van der Waals surface area contributed by atoms with Gasteiger partial charge in [-0.15, -0.1) is 0 Å². The van der Waals surface area contributed by atoms with Crippen molar-refractivity contribution in [1.29, 1.82) is 0 Å². The summed E-state index contributed by atoms with van der Waals surface area (Å²) < 4.78 is 19.2. The van der Waals surface area contributed by atoms with Gasteiger partial charge in [0.15, 0.2) is 0 Å². The summed E-state index contributed by atoms with van der Waals surface area (Å²) in [7, 11) is 1.66. The van der Waals surface area contributed by atoms with Crippen LogP contribution in [0.2, 0.25) is 0 Å². The number of aliphatic hydroxyl groups excluding tert-OH is 1. The molecule has 1 saturated heterocycles. The van der Waals surface area contributed by atoms with Gasteiger partial charge >= 0.3 is 0 Å². The summed E-state index contributed by atoms with van der Waals surface area (Å²) in [6, 6.07) is 18.2. The van der Waals surface area contributed by atoms with E-state index in [1.165, 1.54) is 0 Å². The summed E-state index contributed by atoms with van der Waals surface area (Å²) in [6.07, 6.45) is 2.70. The molecule has 8 heteroatoms. The van der Waals surface area contributed by atoms with Crippen LogP contribution in [0.1, 0.15) is 31.0 Å². The zero-order valence-electron chi connectivity index (χ0n) is 21.9. The van der Waals surface area contributed by atoms with Crippen molar-refractivity contribution in [1.82, 2.24) is 19.6 Å².